The van der Waals surface area contributed by atoms with Gasteiger partial charge in [0.05, 0.1) is 5.41 Å². The fourth-order valence-electron chi connectivity index (χ4n) is 5.89. The molecule has 0 unspecified atom stereocenters. The van der Waals surface area contributed by atoms with Gasteiger partial charge in [-0.25, -0.2) is 0 Å². The van der Waals surface area contributed by atoms with Crippen molar-refractivity contribution in [1.29, 1.82) is 0 Å². The van der Waals surface area contributed by atoms with Crippen LogP contribution in [-0.4, -0.2) is 29.4 Å². The van der Waals surface area contributed by atoms with E-state index in [4.69, 9.17) is 9.47 Å². The summed E-state index contributed by atoms with van der Waals surface area (Å²) in [5, 5.41) is 7.91. The largest absolute Gasteiger partial charge is 0.449 e. The minimum Gasteiger partial charge on any atom is -0.449 e. The lowest BCUT2D eigenvalue weighted by Gasteiger charge is -2.31. The van der Waals surface area contributed by atoms with Gasteiger partial charge in [-0.3, -0.25) is 4.79 Å². The molecule has 0 bridgehead atoms. The molecule has 2 aliphatic heterocycles. The fraction of sp³-hybridized carbons (Fsp3) is 0.500. The Hall–Kier alpha value is -2.99. The highest BCUT2D eigenvalue weighted by Gasteiger charge is 2.52. The van der Waals surface area contributed by atoms with Crippen LogP contribution in [0.4, 0.5) is 5.69 Å². The van der Waals surface area contributed by atoms with Gasteiger partial charge in [-0.15, -0.1) is 0 Å². The summed E-state index contributed by atoms with van der Waals surface area (Å²) in [5.74, 6) is 0.824. The Morgan fingerprint density at radius 1 is 1.00 bits per heavy atom. The number of hydrogen-bond acceptors (Lipinski definition) is 4. The van der Waals surface area contributed by atoms with Crippen LogP contribution in [0, 0.1) is 0 Å². The molecule has 1 aromatic heterocycles. The van der Waals surface area contributed by atoms with Gasteiger partial charge in [0.15, 0.2) is 11.5 Å². The highest BCUT2D eigenvalue weighted by atomic mass is 16.7. The van der Waals surface area contributed by atoms with Gasteiger partial charge in [-0.1, -0.05) is 26.8 Å². The van der Waals surface area contributed by atoms with Crippen LogP contribution >= 0.6 is 0 Å². The Bertz CT molecular complexity index is 1340. The molecule has 0 spiro atoms. The van der Waals surface area contributed by atoms with E-state index in [0.29, 0.717) is 11.8 Å². The van der Waals surface area contributed by atoms with Gasteiger partial charge in [-0.05, 0) is 80.7 Å². The SMILES string of the molecule is CC1(C)Oc2ccc(C3(C(=O)Nc4ccc5c(c4)cc(C(C)(C)C)n5C4CCNCC4)CC3)cc2O1. The molecular formula is C30H37N3O3. The van der Waals surface area contributed by atoms with Crippen molar-refractivity contribution < 1.29 is 14.3 Å². The van der Waals surface area contributed by atoms with Crippen molar-refractivity contribution in [3.63, 3.8) is 0 Å². The first-order chi connectivity index (χ1) is 17.1. The summed E-state index contributed by atoms with van der Waals surface area (Å²) in [7, 11) is 0. The zero-order valence-corrected chi connectivity index (χ0v) is 22.0. The second-order valence-electron chi connectivity index (χ2n) is 12.2. The number of nitrogens with zero attached hydrogens (tertiary/aromatic N) is 1. The highest BCUT2D eigenvalue weighted by Crippen LogP contribution is 2.52. The third-order valence-electron chi connectivity index (χ3n) is 7.93. The van der Waals surface area contributed by atoms with Crippen molar-refractivity contribution in [1.82, 2.24) is 9.88 Å². The van der Waals surface area contributed by atoms with E-state index in [2.05, 4.69) is 60.2 Å². The van der Waals surface area contributed by atoms with E-state index in [1.54, 1.807) is 0 Å². The van der Waals surface area contributed by atoms with Crippen molar-refractivity contribution in [3.05, 3.63) is 53.7 Å². The topological polar surface area (TPSA) is 64.5 Å². The monoisotopic (exact) mass is 487 g/mol. The predicted octanol–water partition coefficient (Wildman–Crippen LogP) is 6.04. The Kier molecular flexibility index (Phi) is 5.21. The average Bonchev–Trinajstić information content (AvgIpc) is 3.45. The number of anilines is 1. The van der Waals surface area contributed by atoms with Gasteiger partial charge in [0.1, 0.15) is 0 Å². The third kappa shape index (κ3) is 3.96. The maximum atomic E-state index is 13.5. The van der Waals surface area contributed by atoms with Gasteiger partial charge < -0.3 is 24.7 Å². The third-order valence-corrected chi connectivity index (χ3v) is 7.93. The lowest BCUT2D eigenvalue weighted by molar-refractivity contribution is -0.118. The Morgan fingerprint density at radius 3 is 2.42 bits per heavy atom. The van der Waals surface area contributed by atoms with Crippen LogP contribution in [0.15, 0.2) is 42.5 Å². The van der Waals surface area contributed by atoms with Crippen LogP contribution in [-0.2, 0) is 15.6 Å². The van der Waals surface area contributed by atoms with E-state index in [1.165, 1.54) is 16.6 Å². The van der Waals surface area contributed by atoms with E-state index in [0.717, 1.165) is 55.8 Å². The van der Waals surface area contributed by atoms with Crippen LogP contribution in [0.5, 0.6) is 11.5 Å². The number of nitrogens with one attached hydrogen (secondary N) is 2. The van der Waals surface area contributed by atoms with E-state index >= 15 is 0 Å². The lowest BCUT2D eigenvalue weighted by atomic mass is 9.91. The van der Waals surface area contributed by atoms with Crippen LogP contribution in [0.25, 0.3) is 10.9 Å². The maximum absolute atomic E-state index is 13.5. The summed E-state index contributed by atoms with van der Waals surface area (Å²) in [4.78, 5) is 13.5. The quantitative estimate of drug-likeness (QED) is 0.471. The molecule has 2 aromatic carbocycles. The fourth-order valence-corrected chi connectivity index (χ4v) is 5.89. The molecule has 6 rings (SSSR count). The summed E-state index contributed by atoms with van der Waals surface area (Å²) in [5.41, 5.74) is 3.99. The lowest BCUT2D eigenvalue weighted by Crippen LogP contribution is -2.31. The number of carbonyl (C=O) groups is 1. The number of hydrogen-bond donors (Lipinski definition) is 2. The first-order valence-electron chi connectivity index (χ1n) is 13.3. The molecule has 0 atom stereocenters. The molecule has 1 saturated heterocycles. The summed E-state index contributed by atoms with van der Waals surface area (Å²) in [6.07, 6.45) is 3.95. The summed E-state index contributed by atoms with van der Waals surface area (Å²) >= 11 is 0. The molecule has 2 fully saturated rings. The van der Waals surface area contributed by atoms with Crippen LogP contribution in [0.2, 0.25) is 0 Å². The molecule has 6 heteroatoms. The molecular weight excluding hydrogens is 450 g/mol. The van der Waals surface area contributed by atoms with E-state index < -0.39 is 11.2 Å². The second kappa shape index (κ2) is 8.01. The average molecular weight is 488 g/mol. The molecule has 3 aliphatic rings. The van der Waals surface area contributed by atoms with E-state index in [1.807, 2.05) is 32.0 Å². The maximum Gasteiger partial charge on any atom is 0.246 e. The number of piperidine rings is 1. The van der Waals surface area contributed by atoms with Crippen molar-refractivity contribution >= 4 is 22.5 Å². The molecule has 2 N–H and O–H groups in total. The van der Waals surface area contributed by atoms with Crippen LogP contribution < -0.4 is 20.1 Å². The van der Waals surface area contributed by atoms with E-state index in [-0.39, 0.29) is 11.3 Å². The molecule has 3 heterocycles. The molecule has 190 valence electrons. The van der Waals surface area contributed by atoms with Crippen LogP contribution in [0.1, 0.15) is 77.6 Å². The zero-order valence-electron chi connectivity index (χ0n) is 22.0. The Balaban J connectivity index is 1.28. The van der Waals surface area contributed by atoms with Crippen molar-refractivity contribution in [2.45, 2.75) is 83.0 Å². The number of fused-ring (bicyclic) bond motifs is 2. The zero-order chi connectivity index (χ0) is 25.3. The normalized spacial score (nSPS) is 20.5. The molecule has 3 aromatic rings. The van der Waals surface area contributed by atoms with Crippen LogP contribution in [0.3, 0.4) is 0 Å². The highest BCUT2D eigenvalue weighted by molar-refractivity contribution is 6.02. The summed E-state index contributed by atoms with van der Waals surface area (Å²) in [6, 6.07) is 15.1. The Labute approximate surface area is 213 Å². The molecule has 1 amide bonds. The molecule has 1 aliphatic carbocycles. The number of amides is 1. The first-order valence-corrected chi connectivity index (χ1v) is 13.3. The molecule has 6 nitrogen and oxygen atoms in total. The van der Waals surface area contributed by atoms with Gasteiger partial charge in [0.2, 0.25) is 11.7 Å². The minimum absolute atomic E-state index is 0.0410. The van der Waals surface area contributed by atoms with Gasteiger partial charge in [0, 0.05) is 47.6 Å². The van der Waals surface area contributed by atoms with Gasteiger partial charge in [-0.2, -0.15) is 0 Å². The van der Waals surface area contributed by atoms with E-state index in [9.17, 15) is 4.79 Å². The number of ether oxygens (including phenoxy) is 2. The number of benzene rings is 2. The number of carbonyl (C=O) groups excluding carboxylic acids is 1. The predicted molar refractivity (Wildman–Crippen MR) is 143 cm³/mol. The standard InChI is InChI=1S/C30H37N3O3/c1-28(2,3)26-17-19-16-21(7-8-23(19)33(26)22-10-14-31-15-11-22)32-27(34)30(12-13-30)20-6-9-24-25(18-20)36-29(4,5)35-24/h6-9,16-18,22,31H,10-15H2,1-5H3,(H,32,34). The summed E-state index contributed by atoms with van der Waals surface area (Å²) in [6.45, 7) is 12.8. The minimum atomic E-state index is -0.675. The molecule has 1 saturated carbocycles. The Morgan fingerprint density at radius 2 is 1.72 bits per heavy atom. The summed E-state index contributed by atoms with van der Waals surface area (Å²) < 4.78 is 14.3. The second-order valence-corrected chi connectivity index (χ2v) is 12.2. The van der Waals surface area contributed by atoms with Gasteiger partial charge >= 0.3 is 0 Å². The van der Waals surface area contributed by atoms with Crippen molar-refractivity contribution in [3.8, 4) is 11.5 Å². The molecule has 36 heavy (non-hydrogen) atoms. The van der Waals surface area contributed by atoms with Crippen molar-refractivity contribution in [2.24, 2.45) is 0 Å². The first kappa shape index (κ1) is 23.4. The smallest absolute Gasteiger partial charge is 0.246 e. The molecule has 0 radical (unpaired) electrons. The number of aromatic nitrogens is 1. The van der Waals surface area contributed by atoms with Crippen molar-refractivity contribution in [2.75, 3.05) is 18.4 Å². The number of rotatable bonds is 4. The van der Waals surface area contributed by atoms with Gasteiger partial charge in [0.25, 0.3) is 0 Å².